The molecule has 0 saturated heterocycles. The molecule has 1 aliphatic rings. The van der Waals surface area contributed by atoms with E-state index in [0.717, 1.165) is 25.7 Å². The topological polar surface area (TPSA) is 43.4 Å². The predicted octanol–water partition coefficient (Wildman–Crippen LogP) is 1.75. The zero-order chi connectivity index (χ0) is 10.4. The van der Waals surface area contributed by atoms with Gasteiger partial charge in [0.25, 0.3) is 0 Å². The highest BCUT2D eigenvalue weighted by atomic mass is 32.2. The lowest BCUT2D eigenvalue weighted by atomic mass is 10.0. The van der Waals surface area contributed by atoms with Gasteiger partial charge in [0.15, 0.2) is 0 Å². The summed E-state index contributed by atoms with van der Waals surface area (Å²) in [6.07, 6.45) is 6.83. The molecule has 0 aromatic rings. The average Bonchev–Trinajstić information content (AvgIpc) is 2.26. The van der Waals surface area contributed by atoms with Crippen molar-refractivity contribution in [2.45, 2.75) is 37.4 Å². The van der Waals surface area contributed by atoms with Gasteiger partial charge in [-0.05, 0) is 12.8 Å². The molecule has 1 fully saturated rings. The number of methoxy groups -OCH3 is 1. The van der Waals surface area contributed by atoms with Crippen LogP contribution in [-0.4, -0.2) is 22.5 Å². The molecule has 80 valence electrons. The Morgan fingerprint density at radius 2 is 2.00 bits per heavy atom. The van der Waals surface area contributed by atoms with Crippen LogP contribution in [0.1, 0.15) is 32.1 Å². The molecule has 0 radical (unpaired) electrons. The summed E-state index contributed by atoms with van der Waals surface area (Å²) in [5, 5.41) is 1.70. The van der Waals surface area contributed by atoms with Crippen LogP contribution in [0.2, 0.25) is 0 Å². The van der Waals surface area contributed by atoms with Gasteiger partial charge >= 0.3 is 5.97 Å². The van der Waals surface area contributed by atoms with Crippen molar-refractivity contribution in [3.63, 3.8) is 0 Å². The number of hydrogen-bond acceptors (Lipinski definition) is 3. The molecule has 0 aromatic heterocycles. The Hall–Kier alpha value is -0.640. The van der Waals surface area contributed by atoms with Crippen molar-refractivity contribution in [2.75, 3.05) is 7.11 Å². The fourth-order valence-corrected chi connectivity index (χ4v) is 2.86. The third kappa shape index (κ3) is 3.62. The van der Waals surface area contributed by atoms with E-state index >= 15 is 0 Å². The van der Waals surface area contributed by atoms with E-state index in [2.05, 4.69) is 4.74 Å². The van der Waals surface area contributed by atoms with Gasteiger partial charge in [-0.2, -0.15) is 0 Å². The second kappa shape index (κ2) is 5.96. The van der Waals surface area contributed by atoms with E-state index in [1.165, 1.54) is 25.0 Å². The van der Waals surface area contributed by atoms with Crippen LogP contribution in [0.25, 0.3) is 0 Å². The number of carbonyl (C=O) groups is 1. The van der Waals surface area contributed by atoms with Crippen LogP contribution in [-0.2, 0) is 20.3 Å². The van der Waals surface area contributed by atoms with Gasteiger partial charge in [0.1, 0.15) is 0 Å². The molecule has 0 bridgehead atoms. The Labute approximate surface area is 87.0 Å². The van der Waals surface area contributed by atoms with E-state index in [0.29, 0.717) is 0 Å². The summed E-state index contributed by atoms with van der Waals surface area (Å²) in [5.74, 6) is -0.436. The van der Waals surface area contributed by atoms with Crippen molar-refractivity contribution in [1.82, 2.24) is 0 Å². The minimum absolute atomic E-state index is 0.240. The summed E-state index contributed by atoms with van der Waals surface area (Å²) in [7, 11) is 0.306. The van der Waals surface area contributed by atoms with Crippen LogP contribution in [0.3, 0.4) is 0 Å². The summed E-state index contributed by atoms with van der Waals surface area (Å²) >= 11 is 0. The normalized spacial score (nSPS) is 20.9. The van der Waals surface area contributed by atoms with Gasteiger partial charge in [0.05, 0.1) is 7.11 Å². The molecule has 1 unspecified atom stereocenters. The smallest absolute Gasteiger partial charge is 0.331 e. The second-order valence-corrected chi connectivity index (χ2v) is 5.01. The van der Waals surface area contributed by atoms with Crippen molar-refractivity contribution in [3.8, 4) is 0 Å². The molecular weight excluding hydrogens is 200 g/mol. The first-order chi connectivity index (χ1) is 6.74. The lowest BCUT2D eigenvalue weighted by Crippen LogP contribution is -2.17. The van der Waals surface area contributed by atoms with Gasteiger partial charge in [-0.1, -0.05) is 19.3 Å². The molecule has 0 aromatic carbocycles. The highest BCUT2D eigenvalue weighted by Crippen LogP contribution is 2.22. The Morgan fingerprint density at radius 3 is 2.57 bits per heavy atom. The summed E-state index contributed by atoms with van der Waals surface area (Å²) in [6.45, 7) is 0. The zero-order valence-electron chi connectivity index (χ0n) is 8.40. The summed E-state index contributed by atoms with van der Waals surface area (Å²) in [5.41, 5.74) is 0. The van der Waals surface area contributed by atoms with Crippen LogP contribution >= 0.6 is 0 Å². The number of rotatable bonds is 3. The molecule has 0 spiro atoms. The first kappa shape index (κ1) is 11.4. The zero-order valence-corrected chi connectivity index (χ0v) is 9.22. The number of ether oxygens (including phenoxy) is 1. The van der Waals surface area contributed by atoms with Crippen molar-refractivity contribution in [2.24, 2.45) is 0 Å². The summed E-state index contributed by atoms with van der Waals surface area (Å²) in [6, 6.07) is 0. The summed E-state index contributed by atoms with van der Waals surface area (Å²) in [4.78, 5) is 10.8. The maximum Gasteiger partial charge on any atom is 0.331 e. The average molecular weight is 216 g/mol. The number of esters is 1. The fraction of sp³-hybridized carbons (Fsp3) is 0.700. The molecule has 0 N–H and O–H groups in total. The van der Waals surface area contributed by atoms with E-state index in [4.69, 9.17) is 0 Å². The summed E-state index contributed by atoms with van der Waals surface area (Å²) < 4.78 is 16.1. The van der Waals surface area contributed by atoms with E-state index < -0.39 is 16.8 Å². The third-order valence-corrected chi connectivity index (χ3v) is 3.95. The van der Waals surface area contributed by atoms with Crippen LogP contribution in [0, 0.1) is 0 Å². The molecule has 1 aliphatic carbocycles. The van der Waals surface area contributed by atoms with Crippen LogP contribution in [0.5, 0.6) is 0 Å². The predicted molar refractivity (Wildman–Crippen MR) is 56.2 cm³/mol. The minimum Gasteiger partial charge on any atom is -0.466 e. The van der Waals surface area contributed by atoms with Crippen molar-refractivity contribution in [1.29, 1.82) is 0 Å². The molecule has 0 amide bonds. The Morgan fingerprint density at radius 1 is 1.36 bits per heavy atom. The SMILES string of the molecule is COC(=O)/C=C/S(=O)C1CCCCC1. The highest BCUT2D eigenvalue weighted by Gasteiger charge is 2.17. The maximum absolute atomic E-state index is 11.6. The van der Waals surface area contributed by atoms with Crippen LogP contribution in [0.15, 0.2) is 11.5 Å². The second-order valence-electron chi connectivity index (χ2n) is 3.41. The van der Waals surface area contributed by atoms with Crippen molar-refractivity contribution in [3.05, 3.63) is 11.5 Å². The van der Waals surface area contributed by atoms with Crippen LogP contribution < -0.4 is 0 Å². The molecule has 1 saturated carbocycles. The monoisotopic (exact) mass is 216 g/mol. The largest absolute Gasteiger partial charge is 0.466 e. The van der Waals surface area contributed by atoms with Crippen LogP contribution in [0.4, 0.5) is 0 Å². The molecular formula is C10H16O3S. The lowest BCUT2D eigenvalue weighted by molar-refractivity contribution is -0.134. The van der Waals surface area contributed by atoms with E-state index in [-0.39, 0.29) is 5.25 Å². The fourth-order valence-electron chi connectivity index (χ4n) is 1.60. The number of hydrogen-bond donors (Lipinski definition) is 0. The molecule has 1 atom stereocenters. The molecule has 3 nitrogen and oxygen atoms in total. The van der Waals surface area contributed by atoms with Gasteiger partial charge in [-0.25, -0.2) is 4.79 Å². The first-order valence-electron chi connectivity index (χ1n) is 4.89. The molecule has 0 aliphatic heterocycles. The molecule has 0 heterocycles. The van der Waals surface area contributed by atoms with Gasteiger partial charge < -0.3 is 4.74 Å². The third-order valence-electron chi connectivity index (χ3n) is 2.42. The van der Waals surface area contributed by atoms with E-state index in [1.807, 2.05) is 0 Å². The van der Waals surface area contributed by atoms with Gasteiger partial charge in [0, 0.05) is 27.5 Å². The Kier molecular flexibility index (Phi) is 4.87. The van der Waals surface area contributed by atoms with Crippen molar-refractivity contribution >= 4 is 16.8 Å². The lowest BCUT2D eigenvalue weighted by Gasteiger charge is -2.18. The minimum atomic E-state index is -1.01. The standard InChI is InChI=1S/C10H16O3S/c1-13-10(11)7-8-14(12)9-5-3-2-4-6-9/h7-9H,2-6H2,1H3/b8-7+. The number of carbonyl (C=O) groups excluding carboxylic acids is 1. The van der Waals surface area contributed by atoms with Gasteiger partial charge in [-0.3, -0.25) is 4.21 Å². The first-order valence-corrected chi connectivity index (χ1v) is 6.17. The van der Waals surface area contributed by atoms with Gasteiger partial charge in [-0.15, -0.1) is 0 Å². The Bertz CT molecular complexity index is 242. The Balaban J connectivity index is 2.40. The maximum atomic E-state index is 11.6. The van der Waals surface area contributed by atoms with Gasteiger partial charge in [0.2, 0.25) is 0 Å². The molecule has 4 heteroatoms. The van der Waals surface area contributed by atoms with E-state index in [1.54, 1.807) is 0 Å². The van der Waals surface area contributed by atoms with E-state index in [9.17, 15) is 9.00 Å². The molecule has 1 rings (SSSR count). The van der Waals surface area contributed by atoms with Crippen molar-refractivity contribution < 1.29 is 13.7 Å². The molecule has 14 heavy (non-hydrogen) atoms. The highest BCUT2D eigenvalue weighted by molar-refractivity contribution is 7.88. The quantitative estimate of drug-likeness (QED) is 0.533.